The molecule has 0 radical (unpaired) electrons. The standard InChI is InChI=1S/C22H25N5OS/c1-15-9-11-18(12-10-15)14-27-17(3)19(16(2)26-27)13-23-25-22(29)24-20-7-5-6-8-21(20)28-4/h5-13H,14H2,1-4H3,(H2,24,25,29)/b23-13+. The number of hydrogen-bond donors (Lipinski definition) is 2. The van der Waals surface area contributed by atoms with Gasteiger partial charge in [-0.3, -0.25) is 10.1 Å². The van der Waals surface area contributed by atoms with Crippen molar-refractivity contribution >= 4 is 29.2 Å². The molecule has 7 heteroatoms. The third kappa shape index (κ3) is 5.20. The summed E-state index contributed by atoms with van der Waals surface area (Å²) in [7, 11) is 1.62. The Balaban J connectivity index is 1.65. The monoisotopic (exact) mass is 407 g/mol. The van der Waals surface area contributed by atoms with Gasteiger partial charge in [0.2, 0.25) is 0 Å². The summed E-state index contributed by atoms with van der Waals surface area (Å²) in [6, 6.07) is 16.0. The molecule has 0 bridgehead atoms. The first-order valence-electron chi connectivity index (χ1n) is 9.30. The van der Waals surface area contributed by atoms with Crippen LogP contribution >= 0.6 is 12.2 Å². The fraction of sp³-hybridized carbons (Fsp3) is 0.227. The average molecular weight is 408 g/mol. The lowest BCUT2D eigenvalue weighted by Gasteiger charge is -2.10. The van der Waals surface area contributed by atoms with E-state index in [0.717, 1.165) is 29.2 Å². The van der Waals surface area contributed by atoms with Gasteiger partial charge in [-0.1, -0.05) is 42.0 Å². The number of ether oxygens (including phenoxy) is 1. The number of anilines is 1. The van der Waals surface area contributed by atoms with Gasteiger partial charge in [-0.05, 0) is 50.7 Å². The SMILES string of the molecule is COc1ccccc1NC(=S)N/N=C/c1c(C)nn(Cc2ccc(C)cc2)c1C. The van der Waals surface area contributed by atoms with Gasteiger partial charge in [0.25, 0.3) is 0 Å². The van der Waals surface area contributed by atoms with Gasteiger partial charge in [-0.15, -0.1) is 0 Å². The van der Waals surface area contributed by atoms with Crippen LogP contribution in [0.3, 0.4) is 0 Å². The van der Waals surface area contributed by atoms with E-state index in [9.17, 15) is 0 Å². The Bertz CT molecular complexity index is 1020. The number of aryl methyl sites for hydroxylation is 2. The Morgan fingerprint density at radius 2 is 1.86 bits per heavy atom. The van der Waals surface area contributed by atoms with E-state index >= 15 is 0 Å². The minimum absolute atomic E-state index is 0.383. The van der Waals surface area contributed by atoms with Gasteiger partial charge in [0.1, 0.15) is 5.75 Å². The van der Waals surface area contributed by atoms with Crippen molar-refractivity contribution in [2.24, 2.45) is 5.10 Å². The predicted octanol–water partition coefficient (Wildman–Crippen LogP) is 4.19. The highest BCUT2D eigenvalue weighted by Gasteiger charge is 2.10. The Kier molecular flexibility index (Phi) is 6.61. The summed E-state index contributed by atoms with van der Waals surface area (Å²) in [6.07, 6.45) is 1.75. The number of benzene rings is 2. The summed E-state index contributed by atoms with van der Waals surface area (Å²) >= 11 is 5.31. The Hall–Kier alpha value is -3.19. The molecule has 0 atom stereocenters. The van der Waals surface area contributed by atoms with Crippen LogP contribution in [0.25, 0.3) is 0 Å². The van der Waals surface area contributed by atoms with Crippen molar-refractivity contribution < 1.29 is 4.74 Å². The molecule has 0 saturated heterocycles. The molecule has 0 unspecified atom stereocenters. The zero-order valence-corrected chi connectivity index (χ0v) is 17.9. The smallest absolute Gasteiger partial charge is 0.191 e. The van der Waals surface area contributed by atoms with Gasteiger partial charge in [-0.25, -0.2) is 0 Å². The molecule has 2 N–H and O–H groups in total. The zero-order chi connectivity index (χ0) is 20.8. The lowest BCUT2D eigenvalue weighted by atomic mass is 10.1. The minimum atomic E-state index is 0.383. The van der Waals surface area contributed by atoms with Crippen molar-refractivity contribution in [3.05, 3.63) is 76.6 Å². The molecular weight excluding hydrogens is 382 g/mol. The Morgan fingerprint density at radius 3 is 2.59 bits per heavy atom. The second-order valence-electron chi connectivity index (χ2n) is 6.75. The highest BCUT2D eigenvalue weighted by atomic mass is 32.1. The molecule has 0 aliphatic rings. The molecule has 0 spiro atoms. The largest absolute Gasteiger partial charge is 0.495 e. The van der Waals surface area contributed by atoms with Gasteiger partial charge in [0.15, 0.2) is 5.11 Å². The van der Waals surface area contributed by atoms with Gasteiger partial charge < -0.3 is 10.1 Å². The van der Waals surface area contributed by atoms with Gasteiger partial charge in [0.05, 0.1) is 31.3 Å². The maximum absolute atomic E-state index is 5.31. The fourth-order valence-corrected chi connectivity index (χ4v) is 3.13. The van der Waals surface area contributed by atoms with Crippen molar-refractivity contribution in [2.75, 3.05) is 12.4 Å². The van der Waals surface area contributed by atoms with Crippen molar-refractivity contribution in [3.63, 3.8) is 0 Å². The number of methoxy groups -OCH3 is 1. The molecule has 0 amide bonds. The quantitative estimate of drug-likeness (QED) is 0.365. The van der Waals surface area contributed by atoms with E-state index in [0.29, 0.717) is 10.9 Å². The third-order valence-corrected chi connectivity index (χ3v) is 4.80. The molecule has 3 rings (SSSR count). The fourth-order valence-electron chi connectivity index (χ4n) is 2.97. The number of para-hydroxylation sites is 2. The van der Waals surface area contributed by atoms with Crippen LogP contribution in [0.5, 0.6) is 5.75 Å². The van der Waals surface area contributed by atoms with Gasteiger partial charge >= 0.3 is 0 Å². The van der Waals surface area contributed by atoms with Crippen LogP contribution in [-0.4, -0.2) is 28.2 Å². The molecule has 1 heterocycles. The van der Waals surface area contributed by atoms with E-state index in [2.05, 4.69) is 52.1 Å². The number of rotatable bonds is 6. The summed E-state index contributed by atoms with van der Waals surface area (Å²) in [5.74, 6) is 0.713. The summed E-state index contributed by atoms with van der Waals surface area (Å²) < 4.78 is 7.30. The molecule has 0 saturated carbocycles. The van der Waals surface area contributed by atoms with E-state index in [-0.39, 0.29) is 0 Å². The molecule has 6 nitrogen and oxygen atoms in total. The minimum Gasteiger partial charge on any atom is -0.495 e. The summed E-state index contributed by atoms with van der Waals surface area (Å²) in [6.45, 7) is 6.83. The summed E-state index contributed by atoms with van der Waals surface area (Å²) in [4.78, 5) is 0. The molecule has 2 aromatic carbocycles. The molecule has 3 aromatic rings. The van der Waals surface area contributed by atoms with E-state index in [1.165, 1.54) is 11.1 Å². The van der Waals surface area contributed by atoms with Crippen LogP contribution in [0.2, 0.25) is 0 Å². The van der Waals surface area contributed by atoms with Gasteiger partial charge in [-0.2, -0.15) is 10.2 Å². The lowest BCUT2D eigenvalue weighted by molar-refractivity contribution is 0.417. The number of hydrazone groups is 1. The lowest BCUT2D eigenvalue weighted by Crippen LogP contribution is -2.24. The van der Waals surface area contributed by atoms with Crippen LogP contribution in [0.4, 0.5) is 5.69 Å². The first kappa shape index (κ1) is 20.5. The topological polar surface area (TPSA) is 63.5 Å². The first-order chi connectivity index (χ1) is 14.0. The Morgan fingerprint density at radius 1 is 1.14 bits per heavy atom. The van der Waals surface area contributed by atoms with Crippen molar-refractivity contribution in [3.8, 4) is 5.75 Å². The summed E-state index contributed by atoms with van der Waals surface area (Å²) in [5, 5.41) is 12.4. The number of nitrogens with one attached hydrogen (secondary N) is 2. The highest BCUT2D eigenvalue weighted by molar-refractivity contribution is 7.80. The highest BCUT2D eigenvalue weighted by Crippen LogP contribution is 2.22. The van der Waals surface area contributed by atoms with Gasteiger partial charge in [0, 0.05) is 11.3 Å². The maximum Gasteiger partial charge on any atom is 0.191 e. The number of hydrogen-bond acceptors (Lipinski definition) is 4. The van der Waals surface area contributed by atoms with E-state index in [4.69, 9.17) is 17.0 Å². The van der Waals surface area contributed by atoms with Crippen LogP contribution in [-0.2, 0) is 6.54 Å². The first-order valence-corrected chi connectivity index (χ1v) is 9.71. The molecule has 150 valence electrons. The van der Waals surface area contributed by atoms with Crippen molar-refractivity contribution in [1.29, 1.82) is 0 Å². The maximum atomic E-state index is 5.31. The number of aromatic nitrogens is 2. The second kappa shape index (κ2) is 9.34. The molecule has 29 heavy (non-hydrogen) atoms. The number of thiocarbonyl (C=S) groups is 1. The molecule has 1 aromatic heterocycles. The predicted molar refractivity (Wildman–Crippen MR) is 122 cm³/mol. The zero-order valence-electron chi connectivity index (χ0n) is 17.1. The van der Waals surface area contributed by atoms with Crippen LogP contribution < -0.4 is 15.5 Å². The van der Waals surface area contributed by atoms with E-state index in [1.54, 1.807) is 13.3 Å². The molecular formula is C22H25N5OS. The second-order valence-corrected chi connectivity index (χ2v) is 7.16. The number of nitrogens with zero attached hydrogens (tertiary/aromatic N) is 3. The molecule has 0 aliphatic carbocycles. The normalized spacial score (nSPS) is 10.9. The third-order valence-electron chi connectivity index (χ3n) is 4.61. The van der Waals surface area contributed by atoms with E-state index < -0.39 is 0 Å². The summed E-state index contributed by atoms with van der Waals surface area (Å²) in [5.41, 5.74) is 9.04. The molecule has 0 aliphatic heterocycles. The van der Waals surface area contributed by atoms with Crippen LogP contribution in [0.1, 0.15) is 28.1 Å². The molecule has 0 fully saturated rings. The van der Waals surface area contributed by atoms with E-state index in [1.807, 2.05) is 42.8 Å². The average Bonchev–Trinajstić information content (AvgIpc) is 2.97. The van der Waals surface area contributed by atoms with Crippen molar-refractivity contribution in [1.82, 2.24) is 15.2 Å². The Labute approximate surface area is 176 Å². The van der Waals surface area contributed by atoms with Crippen LogP contribution in [0.15, 0.2) is 53.6 Å². The van der Waals surface area contributed by atoms with Crippen LogP contribution in [0, 0.1) is 20.8 Å². The van der Waals surface area contributed by atoms with Crippen molar-refractivity contribution in [2.45, 2.75) is 27.3 Å².